The highest BCUT2D eigenvalue weighted by Crippen LogP contribution is 2.34. The summed E-state index contributed by atoms with van der Waals surface area (Å²) in [4.78, 5) is 24.0. The predicted octanol–water partition coefficient (Wildman–Crippen LogP) is 4.51. The van der Waals surface area contributed by atoms with E-state index in [0.717, 1.165) is 54.2 Å². The van der Waals surface area contributed by atoms with Gasteiger partial charge in [0.2, 0.25) is 0 Å². The van der Waals surface area contributed by atoms with Gasteiger partial charge in [-0.15, -0.1) is 6.58 Å². The average Bonchev–Trinajstić information content (AvgIpc) is 2.98. The van der Waals surface area contributed by atoms with Gasteiger partial charge < -0.3 is 14.5 Å². The fraction of sp³-hybridized carbons (Fsp3) is 0.391. The third-order valence-corrected chi connectivity index (χ3v) is 4.69. The van der Waals surface area contributed by atoms with Crippen LogP contribution in [0.4, 0.5) is 0 Å². The Balaban J connectivity index is 1.98. The molecule has 136 valence electrons. The van der Waals surface area contributed by atoms with E-state index in [4.69, 9.17) is 0 Å². The molecule has 1 atom stereocenters. The predicted molar refractivity (Wildman–Crippen MR) is 106 cm³/mol. The zero-order valence-corrected chi connectivity index (χ0v) is 15.4. The first-order valence-corrected chi connectivity index (χ1v) is 9.28. The molecule has 1 aromatic carbocycles. The first-order chi connectivity index (χ1) is 12.7. The molecule has 0 saturated heterocycles. The topological polar surface area (TPSA) is 37.4 Å². The Morgan fingerprint density at radius 2 is 2.04 bits per heavy atom. The number of fused-ring (bicyclic) bond motifs is 1. The minimum absolute atomic E-state index is 0.301. The number of carbonyl (C=O) groups is 2. The lowest BCUT2D eigenvalue weighted by Crippen LogP contribution is -2.31. The summed E-state index contributed by atoms with van der Waals surface area (Å²) in [5.74, 6) is 6.48. The van der Waals surface area contributed by atoms with Crippen molar-refractivity contribution >= 4 is 18.3 Å². The highest BCUT2D eigenvalue weighted by molar-refractivity contribution is 5.74. The van der Waals surface area contributed by atoms with Crippen LogP contribution >= 0.6 is 0 Å². The molecule has 0 aliphatic carbocycles. The van der Waals surface area contributed by atoms with Crippen molar-refractivity contribution in [1.82, 2.24) is 4.90 Å². The van der Waals surface area contributed by atoms with E-state index >= 15 is 0 Å². The Kier molecular flexibility index (Phi) is 7.89. The first-order valence-electron chi connectivity index (χ1n) is 9.28. The van der Waals surface area contributed by atoms with Gasteiger partial charge >= 0.3 is 0 Å². The van der Waals surface area contributed by atoms with Crippen molar-refractivity contribution in [2.45, 2.75) is 57.5 Å². The summed E-state index contributed by atoms with van der Waals surface area (Å²) in [7, 11) is 0. The van der Waals surface area contributed by atoms with Crippen molar-refractivity contribution in [1.29, 1.82) is 0 Å². The average molecular weight is 349 g/mol. The Hall–Kier alpha value is -2.60. The van der Waals surface area contributed by atoms with Crippen LogP contribution in [-0.4, -0.2) is 23.5 Å². The van der Waals surface area contributed by atoms with E-state index in [2.05, 4.69) is 37.1 Å². The Morgan fingerprint density at radius 3 is 2.77 bits per heavy atom. The quantitative estimate of drug-likeness (QED) is 0.270. The number of hydrogen-bond acceptors (Lipinski definition) is 3. The van der Waals surface area contributed by atoms with Crippen molar-refractivity contribution in [3.63, 3.8) is 0 Å². The third-order valence-electron chi connectivity index (χ3n) is 4.69. The van der Waals surface area contributed by atoms with Crippen LogP contribution in [-0.2, 0) is 16.1 Å². The van der Waals surface area contributed by atoms with Crippen molar-refractivity contribution < 1.29 is 9.59 Å². The highest BCUT2D eigenvalue weighted by Gasteiger charge is 2.27. The molecule has 0 bridgehead atoms. The summed E-state index contributed by atoms with van der Waals surface area (Å²) >= 11 is 0. The maximum absolute atomic E-state index is 11.4. The molecule has 3 nitrogen and oxygen atoms in total. The smallest absolute Gasteiger partial charge is 0.142 e. The van der Waals surface area contributed by atoms with E-state index in [-0.39, 0.29) is 6.04 Å². The Bertz CT molecular complexity index is 723. The number of unbranched alkanes of at least 4 members (excludes halogenated alkanes) is 4. The highest BCUT2D eigenvalue weighted by atomic mass is 16.1. The number of rotatable bonds is 10. The minimum Gasteiger partial charge on any atom is -0.357 e. The summed E-state index contributed by atoms with van der Waals surface area (Å²) in [6.45, 7) is 8.55. The molecule has 0 saturated carbocycles. The van der Waals surface area contributed by atoms with Gasteiger partial charge in [0, 0.05) is 36.2 Å². The van der Waals surface area contributed by atoms with E-state index in [9.17, 15) is 9.59 Å². The number of benzene rings is 1. The second-order valence-corrected chi connectivity index (χ2v) is 6.58. The van der Waals surface area contributed by atoms with Crippen LogP contribution in [0.15, 0.2) is 37.4 Å². The van der Waals surface area contributed by atoms with Gasteiger partial charge in [-0.3, -0.25) is 0 Å². The lowest BCUT2D eigenvalue weighted by Gasteiger charge is -2.25. The van der Waals surface area contributed by atoms with Gasteiger partial charge in [0.1, 0.15) is 12.6 Å². The van der Waals surface area contributed by atoms with Gasteiger partial charge in [-0.1, -0.05) is 37.0 Å². The van der Waals surface area contributed by atoms with E-state index < -0.39 is 0 Å². The molecule has 1 aliphatic rings. The Morgan fingerprint density at radius 1 is 1.19 bits per heavy atom. The van der Waals surface area contributed by atoms with Crippen LogP contribution in [0.1, 0.15) is 61.6 Å². The molecule has 1 heterocycles. The van der Waals surface area contributed by atoms with Crippen LogP contribution in [0.25, 0.3) is 5.70 Å². The molecule has 0 fully saturated rings. The van der Waals surface area contributed by atoms with Gasteiger partial charge in [-0.05, 0) is 43.4 Å². The van der Waals surface area contributed by atoms with Crippen molar-refractivity contribution in [2.24, 2.45) is 0 Å². The van der Waals surface area contributed by atoms with Crippen LogP contribution in [0.2, 0.25) is 0 Å². The SMILES string of the molecule is C=CCCCCCC#Cc1ccc2c(c1)C(=C)N(C(C=O)CCC=O)C2. The van der Waals surface area contributed by atoms with Gasteiger partial charge in [0.25, 0.3) is 0 Å². The fourth-order valence-electron chi connectivity index (χ4n) is 3.19. The zero-order valence-electron chi connectivity index (χ0n) is 15.4. The number of carbonyl (C=O) groups excluding carboxylic acids is 2. The molecule has 0 N–H and O–H groups in total. The van der Waals surface area contributed by atoms with Gasteiger partial charge in [0.15, 0.2) is 0 Å². The van der Waals surface area contributed by atoms with Crippen molar-refractivity contribution in [2.75, 3.05) is 0 Å². The molecule has 2 rings (SSSR count). The van der Waals surface area contributed by atoms with E-state index in [1.165, 1.54) is 12.8 Å². The van der Waals surface area contributed by atoms with Gasteiger partial charge in [-0.25, -0.2) is 0 Å². The Labute approximate surface area is 156 Å². The molecule has 1 unspecified atom stereocenters. The summed E-state index contributed by atoms with van der Waals surface area (Å²) in [5.41, 5.74) is 4.04. The fourth-order valence-corrected chi connectivity index (χ4v) is 3.19. The summed E-state index contributed by atoms with van der Waals surface area (Å²) in [6, 6.07) is 5.85. The van der Waals surface area contributed by atoms with Crippen molar-refractivity contribution in [3.05, 3.63) is 54.1 Å². The molecular weight excluding hydrogens is 322 g/mol. The van der Waals surface area contributed by atoms with Gasteiger partial charge in [0.05, 0.1) is 6.04 Å². The maximum Gasteiger partial charge on any atom is 0.142 e. The summed E-state index contributed by atoms with van der Waals surface area (Å²) < 4.78 is 0. The normalized spacial score (nSPS) is 13.5. The van der Waals surface area contributed by atoms with Crippen LogP contribution in [0.3, 0.4) is 0 Å². The van der Waals surface area contributed by atoms with E-state index in [0.29, 0.717) is 19.4 Å². The molecule has 1 aromatic rings. The summed E-state index contributed by atoms with van der Waals surface area (Å²) in [6.07, 6.45) is 10.1. The molecule has 3 heteroatoms. The monoisotopic (exact) mass is 349 g/mol. The number of nitrogens with zero attached hydrogens (tertiary/aromatic N) is 1. The molecule has 0 amide bonds. The third kappa shape index (κ3) is 5.20. The molecular formula is C23H27NO2. The minimum atomic E-state index is -0.301. The van der Waals surface area contributed by atoms with Crippen molar-refractivity contribution in [3.8, 4) is 11.8 Å². The van der Waals surface area contributed by atoms with Gasteiger partial charge in [-0.2, -0.15) is 0 Å². The second-order valence-electron chi connectivity index (χ2n) is 6.58. The molecule has 0 radical (unpaired) electrons. The molecule has 0 spiro atoms. The lowest BCUT2D eigenvalue weighted by atomic mass is 10.0. The van der Waals surface area contributed by atoms with E-state index in [1.807, 2.05) is 17.0 Å². The second kappa shape index (κ2) is 10.4. The standard InChI is InChI=1S/C23H27NO2/c1-3-4-5-6-7-8-9-11-20-13-14-21-17-24(19(2)23(21)16-20)22(18-26)12-10-15-25/h3,13-16,18,22H,1-2,4-8,10,12,17H2. The lowest BCUT2D eigenvalue weighted by molar-refractivity contribution is -0.112. The number of allylic oxidation sites excluding steroid dienone is 1. The molecule has 1 aliphatic heterocycles. The summed E-state index contributed by atoms with van der Waals surface area (Å²) in [5, 5.41) is 0. The maximum atomic E-state index is 11.4. The largest absolute Gasteiger partial charge is 0.357 e. The van der Waals surface area contributed by atoms with Crippen LogP contribution < -0.4 is 0 Å². The number of aldehydes is 2. The van der Waals surface area contributed by atoms with E-state index in [1.54, 1.807) is 0 Å². The van der Waals surface area contributed by atoms with Crippen LogP contribution in [0.5, 0.6) is 0 Å². The first kappa shape index (κ1) is 19.7. The zero-order chi connectivity index (χ0) is 18.8. The molecule has 0 aromatic heterocycles. The molecule has 26 heavy (non-hydrogen) atoms. The number of hydrogen-bond donors (Lipinski definition) is 0. The van der Waals surface area contributed by atoms with Crippen LogP contribution in [0, 0.1) is 11.8 Å².